The Bertz CT molecular complexity index is 453. The van der Waals surface area contributed by atoms with Gasteiger partial charge in [0.15, 0.2) is 0 Å². The van der Waals surface area contributed by atoms with Gasteiger partial charge in [-0.2, -0.15) is 0 Å². The van der Waals surface area contributed by atoms with Gasteiger partial charge in [0.05, 0.1) is 19.3 Å². The molecular formula is C14H17BrO3. The van der Waals surface area contributed by atoms with Crippen molar-refractivity contribution in [3.05, 3.63) is 27.7 Å². The number of methoxy groups -OCH3 is 1. The zero-order chi connectivity index (χ0) is 13.1. The van der Waals surface area contributed by atoms with Crippen molar-refractivity contribution < 1.29 is 14.3 Å². The van der Waals surface area contributed by atoms with Crippen molar-refractivity contribution >= 4 is 21.9 Å². The molecule has 1 fully saturated rings. The third-order valence-corrected chi connectivity index (χ3v) is 4.11. The SMILES string of the molecule is COC(=O)c1c(Br)ccc(OCC2CCC2)c1C. The lowest BCUT2D eigenvalue weighted by Crippen LogP contribution is -2.19. The number of ether oxygens (including phenoxy) is 2. The molecule has 0 N–H and O–H groups in total. The van der Waals surface area contributed by atoms with E-state index < -0.39 is 0 Å². The summed E-state index contributed by atoms with van der Waals surface area (Å²) < 4.78 is 11.3. The molecule has 1 aromatic rings. The van der Waals surface area contributed by atoms with Gasteiger partial charge in [0.2, 0.25) is 0 Å². The summed E-state index contributed by atoms with van der Waals surface area (Å²) in [6.45, 7) is 2.62. The third kappa shape index (κ3) is 2.69. The topological polar surface area (TPSA) is 35.5 Å². The summed E-state index contributed by atoms with van der Waals surface area (Å²) in [4.78, 5) is 11.7. The maximum absolute atomic E-state index is 11.7. The Morgan fingerprint density at radius 3 is 2.72 bits per heavy atom. The molecule has 1 aliphatic carbocycles. The predicted octanol–water partition coefficient (Wildman–Crippen LogP) is 3.72. The van der Waals surface area contributed by atoms with Crippen LogP contribution in [0.1, 0.15) is 35.2 Å². The second-order valence-electron chi connectivity index (χ2n) is 4.65. The molecule has 0 atom stereocenters. The van der Waals surface area contributed by atoms with Crippen LogP contribution in [0.4, 0.5) is 0 Å². The summed E-state index contributed by atoms with van der Waals surface area (Å²) in [5, 5.41) is 0. The van der Waals surface area contributed by atoms with E-state index in [1.165, 1.54) is 26.4 Å². The predicted molar refractivity (Wildman–Crippen MR) is 73.1 cm³/mol. The second kappa shape index (κ2) is 5.74. The minimum Gasteiger partial charge on any atom is -0.493 e. The Morgan fingerprint density at radius 2 is 2.17 bits per heavy atom. The van der Waals surface area contributed by atoms with Crippen molar-refractivity contribution in [1.82, 2.24) is 0 Å². The van der Waals surface area contributed by atoms with E-state index in [0.717, 1.165) is 22.4 Å². The number of hydrogen-bond donors (Lipinski definition) is 0. The van der Waals surface area contributed by atoms with Gasteiger partial charge in [-0.25, -0.2) is 4.79 Å². The van der Waals surface area contributed by atoms with Gasteiger partial charge in [0.1, 0.15) is 5.75 Å². The van der Waals surface area contributed by atoms with Crippen LogP contribution in [0.25, 0.3) is 0 Å². The van der Waals surface area contributed by atoms with Crippen LogP contribution in [-0.4, -0.2) is 19.7 Å². The Kier molecular flexibility index (Phi) is 4.27. The smallest absolute Gasteiger partial charge is 0.339 e. The molecule has 18 heavy (non-hydrogen) atoms. The molecular weight excluding hydrogens is 296 g/mol. The van der Waals surface area contributed by atoms with Gasteiger partial charge in [-0.05, 0) is 53.7 Å². The van der Waals surface area contributed by atoms with E-state index in [1.807, 2.05) is 19.1 Å². The highest BCUT2D eigenvalue weighted by molar-refractivity contribution is 9.10. The first-order chi connectivity index (χ1) is 8.63. The van der Waals surface area contributed by atoms with E-state index in [0.29, 0.717) is 11.5 Å². The van der Waals surface area contributed by atoms with Crippen molar-refractivity contribution in [3.8, 4) is 5.75 Å². The highest BCUT2D eigenvalue weighted by atomic mass is 79.9. The van der Waals surface area contributed by atoms with Crippen LogP contribution in [0.5, 0.6) is 5.75 Å². The summed E-state index contributed by atoms with van der Waals surface area (Å²) in [6.07, 6.45) is 3.81. The van der Waals surface area contributed by atoms with Crippen molar-refractivity contribution in [2.45, 2.75) is 26.2 Å². The van der Waals surface area contributed by atoms with E-state index in [-0.39, 0.29) is 5.97 Å². The van der Waals surface area contributed by atoms with Gasteiger partial charge < -0.3 is 9.47 Å². The first kappa shape index (κ1) is 13.4. The molecule has 0 bridgehead atoms. The Hall–Kier alpha value is -1.03. The standard InChI is InChI=1S/C14H17BrO3/c1-9-12(18-8-10-4-3-5-10)7-6-11(15)13(9)14(16)17-2/h6-7,10H,3-5,8H2,1-2H3. The van der Waals surface area contributed by atoms with Crippen LogP contribution in [0.2, 0.25) is 0 Å². The van der Waals surface area contributed by atoms with E-state index in [4.69, 9.17) is 9.47 Å². The van der Waals surface area contributed by atoms with E-state index >= 15 is 0 Å². The fourth-order valence-corrected chi connectivity index (χ4v) is 2.63. The van der Waals surface area contributed by atoms with Gasteiger partial charge in [0.25, 0.3) is 0 Å². The minimum absolute atomic E-state index is 0.339. The van der Waals surface area contributed by atoms with Crippen molar-refractivity contribution in [2.24, 2.45) is 5.92 Å². The maximum atomic E-state index is 11.7. The molecule has 1 aromatic carbocycles. The first-order valence-electron chi connectivity index (χ1n) is 6.13. The average molecular weight is 313 g/mol. The second-order valence-corrected chi connectivity index (χ2v) is 5.50. The van der Waals surface area contributed by atoms with Crippen LogP contribution in [0.15, 0.2) is 16.6 Å². The third-order valence-electron chi connectivity index (χ3n) is 3.45. The van der Waals surface area contributed by atoms with Gasteiger partial charge in [-0.3, -0.25) is 0 Å². The Labute approximate surface area is 116 Å². The first-order valence-corrected chi connectivity index (χ1v) is 6.93. The largest absolute Gasteiger partial charge is 0.493 e. The molecule has 0 spiro atoms. The molecule has 98 valence electrons. The lowest BCUT2D eigenvalue weighted by molar-refractivity contribution is 0.0598. The molecule has 0 heterocycles. The maximum Gasteiger partial charge on any atom is 0.339 e. The number of hydrogen-bond acceptors (Lipinski definition) is 3. The zero-order valence-electron chi connectivity index (χ0n) is 10.7. The molecule has 1 aliphatic rings. The van der Waals surface area contributed by atoms with Gasteiger partial charge >= 0.3 is 5.97 Å². The fourth-order valence-electron chi connectivity index (χ4n) is 2.04. The van der Waals surface area contributed by atoms with Gasteiger partial charge in [-0.1, -0.05) is 6.42 Å². The van der Waals surface area contributed by atoms with Crippen LogP contribution >= 0.6 is 15.9 Å². The molecule has 0 unspecified atom stereocenters. The Morgan fingerprint density at radius 1 is 1.44 bits per heavy atom. The van der Waals surface area contributed by atoms with Crippen LogP contribution in [-0.2, 0) is 4.74 Å². The number of rotatable bonds is 4. The van der Waals surface area contributed by atoms with Crippen molar-refractivity contribution in [1.29, 1.82) is 0 Å². The van der Waals surface area contributed by atoms with Crippen molar-refractivity contribution in [2.75, 3.05) is 13.7 Å². The molecule has 0 aromatic heterocycles. The number of carbonyl (C=O) groups excluding carboxylic acids is 1. The molecule has 0 amide bonds. The summed E-state index contributed by atoms with van der Waals surface area (Å²) >= 11 is 3.37. The molecule has 0 radical (unpaired) electrons. The van der Waals surface area contributed by atoms with Gasteiger partial charge in [0, 0.05) is 10.0 Å². The Balaban J connectivity index is 2.17. The summed E-state index contributed by atoms with van der Waals surface area (Å²) in [5.41, 5.74) is 1.37. The van der Waals surface area contributed by atoms with E-state index in [2.05, 4.69) is 15.9 Å². The molecule has 3 nitrogen and oxygen atoms in total. The van der Waals surface area contributed by atoms with Crippen LogP contribution < -0.4 is 4.74 Å². The molecule has 1 saturated carbocycles. The normalized spacial score (nSPS) is 15.1. The van der Waals surface area contributed by atoms with Crippen molar-refractivity contribution in [3.63, 3.8) is 0 Å². The quantitative estimate of drug-likeness (QED) is 0.795. The summed E-state index contributed by atoms with van der Waals surface area (Å²) in [5.74, 6) is 1.11. The summed E-state index contributed by atoms with van der Waals surface area (Å²) in [7, 11) is 1.39. The molecule has 4 heteroatoms. The average Bonchev–Trinajstić information content (AvgIpc) is 2.29. The van der Waals surface area contributed by atoms with E-state index in [9.17, 15) is 4.79 Å². The van der Waals surface area contributed by atoms with E-state index in [1.54, 1.807) is 0 Å². The zero-order valence-corrected chi connectivity index (χ0v) is 12.2. The minimum atomic E-state index is -0.339. The number of carbonyl (C=O) groups is 1. The highest BCUT2D eigenvalue weighted by Gasteiger charge is 2.20. The lowest BCUT2D eigenvalue weighted by atomic mass is 9.86. The number of esters is 1. The van der Waals surface area contributed by atoms with Gasteiger partial charge in [-0.15, -0.1) is 0 Å². The van der Waals surface area contributed by atoms with Crippen LogP contribution in [0, 0.1) is 12.8 Å². The monoisotopic (exact) mass is 312 g/mol. The number of halogens is 1. The summed E-state index contributed by atoms with van der Waals surface area (Å²) in [6, 6.07) is 3.72. The highest BCUT2D eigenvalue weighted by Crippen LogP contribution is 2.31. The molecule has 0 aliphatic heterocycles. The fraction of sp³-hybridized carbons (Fsp3) is 0.500. The lowest BCUT2D eigenvalue weighted by Gasteiger charge is -2.25. The van der Waals surface area contributed by atoms with Crippen LogP contribution in [0.3, 0.4) is 0 Å². The molecule has 2 rings (SSSR count). The number of benzene rings is 1. The molecule has 0 saturated heterocycles.